The zero-order valence-electron chi connectivity index (χ0n) is 14.2. The standard InChI is InChI=1S/C20H16INO4/c1-25-19(23)17-16(13-6-4-3-5-7-13)12-22(18(17)20(24)26-2)15-10-8-14(21)9-11-15/h3-12H,1-2H3. The maximum absolute atomic E-state index is 12.5. The molecule has 3 rings (SSSR count). The van der Waals surface area contributed by atoms with Gasteiger partial charge in [-0.2, -0.15) is 0 Å². The second-order valence-corrected chi connectivity index (χ2v) is 6.71. The van der Waals surface area contributed by atoms with E-state index in [0.717, 1.165) is 14.8 Å². The van der Waals surface area contributed by atoms with Crippen molar-refractivity contribution in [2.45, 2.75) is 0 Å². The van der Waals surface area contributed by atoms with E-state index in [1.807, 2.05) is 54.6 Å². The molecule has 5 nitrogen and oxygen atoms in total. The molecule has 0 aliphatic rings. The van der Waals surface area contributed by atoms with E-state index in [2.05, 4.69) is 22.6 Å². The Kier molecular flexibility index (Phi) is 5.41. The van der Waals surface area contributed by atoms with Crippen LogP contribution in [-0.4, -0.2) is 30.7 Å². The molecular formula is C20H16INO4. The molecule has 0 spiro atoms. The second-order valence-electron chi connectivity index (χ2n) is 5.46. The molecule has 0 unspecified atom stereocenters. The van der Waals surface area contributed by atoms with Gasteiger partial charge in [0, 0.05) is 21.0 Å². The molecule has 0 amide bonds. The minimum Gasteiger partial charge on any atom is -0.465 e. The van der Waals surface area contributed by atoms with Gasteiger partial charge in [-0.15, -0.1) is 0 Å². The molecule has 0 fully saturated rings. The van der Waals surface area contributed by atoms with Gasteiger partial charge in [0.2, 0.25) is 0 Å². The summed E-state index contributed by atoms with van der Waals surface area (Å²) in [6, 6.07) is 17.0. The van der Waals surface area contributed by atoms with Gasteiger partial charge in [-0.05, 0) is 52.4 Å². The molecule has 6 heteroatoms. The number of hydrogen-bond donors (Lipinski definition) is 0. The molecule has 2 aromatic carbocycles. The first-order valence-electron chi connectivity index (χ1n) is 7.80. The number of halogens is 1. The van der Waals surface area contributed by atoms with Gasteiger partial charge in [0.15, 0.2) is 0 Å². The van der Waals surface area contributed by atoms with Crippen LogP contribution in [0.5, 0.6) is 0 Å². The Bertz CT molecular complexity index is 946. The summed E-state index contributed by atoms with van der Waals surface area (Å²) in [7, 11) is 2.58. The molecule has 1 aromatic heterocycles. The number of hydrogen-bond acceptors (Lipinski definition) is 4. The monoisotopic (exact) mass is 461 g/mol. The average molecular weight is 461 g/mol. The summed E-state index contributed by atoms with van der Waals surface area (Å²) < 4.78 is 12.6. The normalized spacial score (nSPS) is 10.4. The fourth-order valence-electron chi connectivity index (χ4n) is 2.75. The van der Waals surface area contributed by atoms with E-state index in [4.69, 9.17) is 9.47 Å². The SMILES string of the molecule is COC(=O)c1c(-c2ccccc2)cn(-c2ccc(I)cc2)c1C(=O)OC. The third-order valence-electron chi connectivity index (χ3n) is 3.96. The zero-order chi connectivity index (χ0) is 18.7. The van der Waals surface area contributed by atoms with Crippen molar-refractivity contribution in [2.75, 3.05) is 14.2 Å². The summed E-state index contributed by atoms with van der Waals surface area (Å²) in [5.74, 6) is -1.19. The minimum absolute atomic E-state index is 0.138. The first kappa shape index (κ1) is 18.2. The molecule has 3 aromatic rings. The van der Waals surface area contributed by atoms with Gasteiger partial charge in [-0.1, -0.05) is 30.3 Å². The van der Waals surface area contributed by atoms with Crippen LogP contribution in [0.4, 0.5) is 0 Å². The fourth-order valence-corrected chi connectivity index (χ4v) is 3.11. The Balaban J connectivity index is 2.33. The van der Waals surface area contributed by atoms with Crippen LogP contribution >= 0.6 is 22.6 Å². The Morgan fingerprint density at radius 1 is 0.885 bits per heavy atom. The summed E-state index contributed by atoms with van der Waals surface area (Å²) in [4.78, 5) is 25.0. The lowest BCUT2D eigenvalue weighted by molar-refractivity contribution is 0.0550. The van der Waals surface area contributed by atoms with E-state index in [9.17, 15) is 9.59 Å². The van der Waals surface area contributed by atoms with Crippen molar-refractivity contribution in [2.24, 2.45) is 0 Å². The van der Waals surface area contributed by atoms with Crippen molar-refractivity contribution in [3.63, 3.8) is 0 Å². The van der Waals surface area contributed by atoms with Crippen LogP contribution in [-0.2, 0) is 9.47 Å². The first-order valence-corrected chi connectivity index (χ1v) is 8.88. The van der Waals surface area contributed by atoms with Gasteiger partial charge in [-0.3, -0.25) is 0 Å². The Morgan fingerprint density at radius 2 is 1.50 bits per heavy atom. The fraction of sp³-hybridized carbons (Fsp3) is 0.100. The lowest BCUT2D eigenvalue weighted by Gasteiger charge is -2.09. The lowest BCUT2D eigenvalue weighted by Crippen LogP contribution is -2.15. The summed E-state index contributed by atoms with van der Waals surface area (Å²) in [5, 5.41) is 0. The number of nitrogens with zero attached hydrogens (tertiary/aromatic N) is 1. The first-order chi connectivity index (χ1) is 12.6. The van der Waals surface area contributed by atoms with Crippen LogP contribution in [0.1, 0.15) is 20.8 Å². The molecule has 0 aliphatic carbocycles. The minimum atomic E-state index is -0.605. The number of ether oxygens (including phenoxy) is 2. The Labute approximate surface area is 164 Å². The summed E-state index contributed by atoms with van der Waals surface area (Å²) in [6.07, 6.45) is 1.76. The van der Waals surface area contributed by atoms with Crippen LogP contribution in [0.25, 0.3) is 16.8 Å². The van der Waals surface area contributed by atoms with Gasteiger partial charge in [-0.25, -0.2) is 9.59 Å². The highest BCUT2D eigenvalue weighted by molar-refractivity contribution is 14.1. The third kappa shape index (κ3) is 3.37. The van der Waals surface area contributed by atoms with Gasteiger partial charge >= 0.3 is 11.9 Å². The van der Waals surface area contributed by atoms with E-state index < -0.39 is 11.9 Å². The number of aromatic nitrogens is 1. The van der Waals surface area contributed by atoms with Crippen LogP contribution < -0.4 is 0 Å². The van der Waals surface area contributed by atoms with E-state index in [0.29, 0.717) is 5.56 Å². The lowest BCUT2D eigenvalue weighted by atomic mass is 10.0. The molecule has 26 heavy (non-hydrogen) atoms. The predicted octanol–water partition coefficient (Wildman–Crippen LogP) is 4.32. The molecule has 0 N–H and O–H groups in total. The number of methoxy groups -OCH3 is 2. The van der Waals surface area contributed by atoms with E-state index >= 15 is 0 Å². The van der Waals surface area contributed by atoms with E-state index in [1.165, 1.54) is 14.2 Å². The molecule has 1 heterocycles. The number of carbonyl (C=O) groups is 2. The average Bonchev–Trinajstić information content (AvgIpc) is 3.08. The number of esters is 2. The maximum atomic E-state index is 12.5. The number of carbonyl (C=O) groups excluding carboxylic acids is 2. The van der Waals surface area contributed by atoms with Crippen molar-refractivity contribution in [1.29, 1.82) is 0 Å². The van der Waals surface area contributed by atoms with Gasteiger partial charge in [0.25, 0.3) is 0 Å². The molecule has 0 saturated carbocycles. The topological polar surface area (TPSA) is 57.5 Å². The zero-order valence-corrected chi connectivity index (χ0v) is 16.4. The Morgan fingerprint density at radius 3 is 2.08 bits per heavy atom. The summed E-state index contributed by atoms with van der Waals surface area (Å²) in [5.41, 5.74) is 2.49. The van der Waals surface area contributed by atoms with Gasteiger partial charge in [0.05, 0.1) is 14.2 Å². The Hall–Kier alpha value is -2.61. The maximum Gasteiger partial charge on any atom is 0.355 e. The highest BCUT2D eigenvalue weighted by Gasteiger charge is 2.29. The largest absolute Gasteiger partial charge is 0.465 e. The van der Waals surface area contributed by atoms with Crippen LogP contribution in [0.2, 0.25) is 0 Å². The van der Waals surface area contributed by atoms with Crippen LogP contribution in [0, 0.1) is 3.57 Å². The molecule has 0 atom stereocenters. The van der Waals surface area contributed by atoms with Gasteiger partial charge < -0.3 is 14.0 Å². The van der Waals surface area contributed by atoms with Crippen molar-refractivity contribution in [3.8, 4) is 16.8 Å². The third-order valence-corrected chi connectivity index (χ3v) is 4.68. The second kappa shape index (κ2) is 7.74. The van der Waals surface area contributed by atoms with Crippen molar-refractivity contribution in [1.82, 2.24) is 4.57 Å². The highest BCUT2D eigenvalue weighted by atomic mass is 127. The quantitative estimate of drug-likeness (QED) is 0.429. The molecule has 0 bridgehead atoms. The van der Waals surface area contributed by atoms with E-state index in [1.54, 1.807) is 10.8 Å². The van der Waals surface area contributed by atoms with Crippen LogP contribution in [0.3, 0.4) is 0 Å². The van der Waals surface area contributed by atoms with Crippen molar-refractivity contribution in [3.05, 3.63) is 75.6 Å². The van der Waals surface area contributed by atoms with Crippen molar-refractivity contribution >= 4 is 34.5 Å². The molecule has 0 radical (unpaired) electrons. The smallest absolute Gasteiger partial charge is 0.355 e. The van der Waals surface area contributed by atoms with Crippen molar-refractivity contribution < 1.29 is 19.1 Å². The molecule has 0 saturated heterocycles. The number of rotatable bonds is 4. The molecule has 132 valence electrons. The van der Waals surface area contributed by atoms with E-state index in [-0.39, 0.29) is 11.3 Å². The highest BCUT2D eigenvalue weighted by Crippen LogP contribution is 2.32. The van der Waals surface area contributed by atoms with Crippen LogP contribution in [0.15, 0.2) is 60.8 Å². The van der Waals surface area contributed by atoms with Gasteiger partial charge in [0.1, 0.15) is 11.3 Å². The number of benzene rings is 2. The summed E-state index contributed by atoms with van der Waals surface area (Å²) in [6.45, 7) is 0. The summed E-state index contributed by atoms with van der Waals surface area (Å²) >= 11 is 2.21. The molecule has 0 aliphatic heterocycles. The predicted molar refractivity (Wildman–Crippen MR) is 107 cm³/mol. The molecular weight excluding hydrogens is 445 g/mol.